The number of phenolic OH excluding ortho intramolecular Hbond substituents is 1. The standard InChI is InChI=1S/C14H18FNO4/c1-14(2,3)16(7-6-12(18)19)13(20)10-5-4-9(17)8-11(10)15/h4-5,8,17H,6-7H2,1-3H3,(H,18,19). The van der Waals surface area contributed by atoms with Crippen LogP contribution in [0.2, 0.25) is 0 Å². The van der Waals surface area contributed by atoms with Gasteiger partial charge in [-0.2, -0.15) is 0 Å². The lowest BCUT2D eigenvalue weighted by Crippen LogP contribution is -2.46. The van der Waals surface area contributed by atoms with Crippen molar-refractivity contribution in [1.29, 1.82) is 0 Å². The predicted octanol–water partition coefficient (Wildman–Crippen LogP) is 2.25. The van der Waals surface area contributed by atoms with E-state index in [0.717, 1.165) is 6.07 Å². The molecule has 5 nitrogen and oxygen atoms in total. The van der Waals surface area contributed by atoms with Crippen LogP contribution >= 0.6 is 0 Å². The van der Waals surface area contributed by atoms with Crippen LogP contribution < -0.4 is 0 Å². The Kier molecular flexibility index (Phi) is 4.70. The van der Waals surface area contributed by atoms with Crippen LogP contribution in [0.5, 0.6) is 5.75 Å². The smallest absolute Gasteiger partial charge is 0.305 e. The molecule has 0 aromatic heterocycles. The zero-order chi connectivity index (χ0) is 15.5. The lowest BCUT2D eigenvalue weighted by Gasteiger charge is -2.35. The second kappa shape index (κ2) is 5.90. The summed E-state index contributed by atoms with van der Waals surface area (Å²) < 4.78 is 13.7. The molecular weight excluding hydrogens is 265 g/mol. The average Bonchev–Trinajstić information content (AvgIpc) is 2.26. The van der Waals surface area contributed by atoms with Gasteiger partial charge in [0.1, 0.15) is 11.6 Å². The van der Waals surface area contributed by atoms with Crippen molar-refractivity contribution in [3.63, 3.8) is 0 Å². The number of aromatic hydroxyl groups is 1. The molecule has 0 bridgehead atoms. The Morgan fingerprint density at radius 3 is 2.35 bits per heavy atom. The summed E-state index contributed by atoms with van der Waals surface area (Å²) in [6.07, 6.45) is -0.220. The summed E-state index contributed by atoms with van der Waals surface area (Å²) in [5, 5.41) is 17.9. The van der Waals surface area contributed by atoms with Crippen LogP contribution in [-0.2, 0) is 4.79 Å². The van der Waals surface area contributed by atoms with Gasteiger partial charge < -0.3 is 15.1 Å². The number of carbonyl (C=O) groups is 2. The first-order valence-corrected chi connectivity index (χ1v) is 6.15. The van der Waals surface area contributed by atoms with Gasteiger partial charge in [0.2, 0.25) is 0 Å². The number of rotatable bonds is 4. The fourth-order valence-corrected chi connectivity index (χ4v) is 1.77. The monoisotopic (exact) mass is 283 g/mol. The molecule has 0 aliphatic carbocycles. The maximum Gasteiger partial charge on any atom is 0.305 e. The van der Waals surface area contributed by atoms with E-state index in [1.807, 2.05) is 0 Å². The molecule has 2 N–H and O–H groups in total. The Bertz CT molecular complexity index is 522. The SMILES string of the molecule is CC(C)(C)N(CCC(=O)O)C(=O)c1ccc(O)cc1F. The van der Waals surface area contributed by atoms with Crippen LogP contribution in [0.4, 0.5) is 4.39 Å². The summed E-state index contributed by atoms with van der Waals surface area (Å²) in [5.41, 5.74) is -0.834. The summed E-state index contributed by atoms with van der Waals surface area (Å²) in [6.45, 7) is 5.21. The van der Waals surface area contributed by atoms with E-state index in [1.165, 1.54) is 17.0 Å². The van der Waals surface area contributed by atoms with Crippen molar-refractivity contribution in [1.82, 2.24) is 4.90 Å². The van der Waals surface area contributed by atoms with Gasteiger partial charge in [0.05, 0.1) is 12.0 Å². The van der Waals surface area contributed by atoms with Gasteiger partial charge in [-0.25, -0.2) is 4.39 Å². The molecule has 20 heavy (non-hydrogen) atoms. The molecule has 0 heterocycles. The number of nitrogens with zero attached hydrogens (tertiary/aromatic N) is 1. The van der Waals surface area contributed by atoms with Crippen LogP contribution in [0.25, 0.3) is 0 Å². The highest BCUT2D eigenvalue weighted by molar-refractivity contribution is 5.95. The number of carboxylic acids is 1. The minimum Gasteiger partial charge on any atom is -0.508 e. The van der Waals surface area contributed by atoms with Crippen LogP contribution in [-0.4, -0.2) is 39.1 Å². The van der Waals surface area contributed by atoms with Crippen molar-refractivity contribution >= 4 is 11.9 Å². The third kappa shape index (κ3) is 3.94. The quantitative estimate of drug-likeness (QED) is 0.888. The van der Waals surface area contributed by atoms with Crippen molar-refractivity contribution in [2.45, 2.75) is 32.7 Å². The van der Waals surface area contributed by atoms with Crippen LogP contribution in [0.1, 0.15) is 37.6 Å². The average molecular weight is 283 g/mol. The van der Waals surface area contributed by atoms with Crippen molar-refractivity contribution in [2.75, 3.05) is 6.54 Å². The first kappa shape index (κ1) is 15.9. The molecule has 110 valence electrons. The van der Waals surface area contributed by atoms with Gasteiger partial charge in [0.25, 0.3) is 5.91 Å². The first-order valence-electron chi connectivity index (χ1n) is 6.15. The summed E-state index contributed by atoms with van der Waals surface area (Å²) in [4.78, 5) is 24.3. The summed E-state index contributed by atoms with van der Waals surface area (Å²) >= 11 is 0. The number of carbonyl (C=O) groups excluding carboxylic acids is 1. The van der Waals surface area contributed by atoms with Crippen molar-refractivity contribution in [3.05, 3.63) is 29.6 Å². The second-order valence-electron chi connectivity index (χ2n) is 5.44. The van der Waals surface area contributed by atoms with E-state index in [9.17, 15) is 14.0 Å². The number of halogens is 1. The number of carboxylic acid groups (broad SMARTS) is 1. The van der Waals surface area contributed by atoms with E-state index in [0.29, 0.717) is 0 Å². The molecule has 0 unspecified atom stereocenters. The van der Waals surface area contributed by atoms with Gasteiger partial charge in [-0.1, -0.05) is 0 Å². The van der Waals surface area contributed by atoms with Gasteiger partial charge in [0, 0.05) is 18.2 Å². The van der Waals surface area contributed by atoms with Crippen molar-refractivity contribution in [3.8, 4) is 5.75 Å². The maximum atomic E-state index is 13.7. The predicted molar refractivity (Wildman–Crippen MR) is 71.1 cm³/mol. The van der Waals surface area contributed by atoms with Gasteiger partial charge >= 0.3 is 5.97 Å². The summed E-state index contributed by atoms with van der Waals surface area (Å²) in [5.74, 6) is -2.74. The number of hydrogen-bond donors (Lipinski definition) is 2. The third-order valence-electron chi connectivity index (χ3n) is 2.79. The molecule has 0 radical (unpaired) electrons. The molecule has 0 saturated heterocycles. The Morgan fingerprint density at radius 2 is 1.90 bits per heavy atom. The van der Waals surface area contributed by atoms with Gasteiger partial charge in [-0.05, 0) is 32.9 Å². The Hall–Kier alpha value is -2.11. The highest BCUT2D eigenvalue weighted by Crippen LogP contribution is 2.21. The molecule has 1 amide bonds. The van der Waals surface area contributed by atoms with Gasteiger partial charge in [0.15, 0.2) is 0 Å². The molecule has 0 fully saturated rings. The van der Waals surface area contributed by atoms with Crippen molar-refractivity contribution < 1.29 is 24.2 Å². The molecule has 0 aliphatic heterocycles. The molecular formula is C14H18FNO4. The molecule has 1 aromatic rings. The molecule has 1 aromatic carbocycles. The van der Waals surface area contributed by atoms with Crippen LogP contribution in [0.3, 0.4) is 0 Å². The Balaban J connectivity index is 3.07. The highest BCUT2D eigenvalue weighted by Gasteiger charge is 2.29. The number of hydrogen-bond acceptors (Lipinski definition) is 3. The number of aliphatic carboxylic acids is 1. The molecule has 0 spiro atoms. The van der Waals surface area contributed by atoms with E-state index in [2.05, 4.69) is 0 Å². The van der Waals surface area contributed by atoms with E-state index >= 15 is 0 Å². The van der Waals surface area contributed by atoms with E-state index in [1.54, 1.807) is 20.8 Å². The normalized spacial score (nSPS) is 11.2. The molecule has 0 aliphatic rings. The minimum absolute atomic E-state index is 0.0159. The minimum atomic E-state index is -1.03. The Morgan fingerprint density at radius 1 is 1.30 bits per heavy atom. The fourth-order valence-electron chi connectivity index (χ4n) is 1.77. The Labute approximate surface area is 116 Å². The number of benzene rings is 1. The van der Waals surface area contributed by atoms with Crippen LogP contribution in [0.15, 0.2) is 18.2 Å². The van der Waals surface area contributed by atoms with Crippen molar-refractivity contribution in [2.24, 2.45) is 0 Å². The highest BCUT2D eigenvalue weighted by atomic mass is 19.1. The molecule has 6 heteroatoms. The fraction of sp³-hybridized carbons (Fsp3) is 0.429. The van der Waals surface area contributed by atoms with E-state index in [4.69, 9.17) is 10.2 Å². The zero-order valence-electron chi connectivity index (χ0n) is 11.7. The van der Waals surface area contributed by atoms with Gasteiger partial charge in [-0.3, -0.25) is 9.59 Å². The van der Waals surface area contributed by atoms with Gasteiger partial charge in [-0.15, -0.1) is 0 Å². The molecule has 1 rings (SSSR count). The first-order chi connectivity index (χ1) is 9.12. The van der Waals surface area contributed by atoms with Crippen LogP contribution in [0, 0.1) is 5.82 Å². The number of phenols is 1. The molecule has 0 saturated carbocycles. The maximum absolute atomic E-state index is 13.7. The number of amides is 1. The lowest BCUT2D eigenvalue weighted by molar-refractivity contribution is -0.137. The molecule has 0 atom stereocenters. The van der Waals surface area contributed by atoms with E-state index < -0.39 is 23.2 Å². The topological polar surface area (TPSA) is 77.8 Å². The summed E-state index contributed by atoms with van der Waals surface area (Å²) in [6, 6.07) is 3.26. The lowest BCUT2D eigenvalue weighted by atomic mass is 10.0. The summed E-state index contributed by atoms with van der Waals surface area (Å²) in [7, 11) is 0. The third-order valence-corrected chi connectivity index (χ3v) is 2.79. The largest absolute Gasteiger partial charge is 0.508 e. The second-order valence-corrected chi connectivity index (χ2v) is 5.44. The van der Waals surface area contributed by atoms with E-state index in [-0.39, 0.29) is 24.3 Å². The zero-order valence-corrected chi connectivity index (χ0v) is 11.7.